The average molecular weight is 395 g/mol. The lowest BCUT2D eigenvalue weighted by Gasteiger charge is -2.34. The Morgan fingerprint density at radius 2 is 1.97 bits per heavy atom. The van der Waals surface area contributed by atoms with Gasteiger partial charge in [-0.05, 0) is 38.0 Å². The highest BCUT2D eigenvalue weighted by molar-refractivity contribution is 5.80. The molecule has 2 aliphatic rings. The van der Waals surface area contributed by atoms with E-state index in [1.54, 1.807) is 7.11 Å². The Bertz CT molecular complexity index is 848. The lowest BCUT2D eigenvalue weighted by molar-refractivity contribution is -0.136. The van der Waals surface area contributed by atoms with Gasteiger partial charge in [-0.15, -0.1) is 0 Å². The molecule has 0 aliphatic carbocycles. The van der Waals surface area contributed by atoms with Crippen LogP contribution in [0, 0.1) is 5.92 Å². The highest BCUT2D eigenvalue weighted by atomic mass is 16.5. The van der Waals surface area contributed by atoms with Crippen molar-refractivity contribution in [1.29, 1.82) is 0 Å². The van der Waals surface area contributed by atoms with Gasteiger partial charge in [0.15, 0.2) is 0 Å². The van der Waals surface area contributed by atoms with Crippen LogP contribution in [0.3, 0.4) is 0 Å². The number of pyridine rings is 1. The van der Waals surface area contributed by atoms with Gasteiger partial charge in [-0.1, -0.05) is 24.3 Å². The lowest BCUT2D eigenvalue weighted by Crippen LogP contribution is -2.44. The number of hydrogen-bond donors (Lipinski definition) is 2. The zero-order chi connectivity index (χ0) is 20.2. The fourth-order valence-corrected chi connectivity index (χ4v) is 4.41. The molecule has 1 aromatic heterocycles. The second kappa shape index (κ2) is 8.93. The topological polar surface area (TPSA) is 66.5 Å². The number of rotatable bonds is 5. The summed E-state index contributed by atoms with van der Waals surface area (Å²) in [6, 6.07) is 14.6. The minimum Gasteiger partial charge on any atom is -0.496 e. The van der Waals surface area contributed by atoms with Gasteiger partial charge in [0.05, 0.1) is 13.0 Å². The summed E-state index contributed by atoms with van der Waals surface area (Å²) in [5.74, 6) is 1.62. The molecule has 2 N–H and O–H groups in total. The molecule has 1 amide bonds. The number of carbonyl (C=O) groups excluding carboxylic acids is 1. The van der Waals surface area contributed by atoms with Gasteiger partial charge >= 0.3 is 0 Å². The van der Waals surface area contributed by atoms with E-state index < -0.39 is 0 Å². The predicted octanol–water partition coefficient (Wildman–Crippen LogP) is 2.50. The fraction of sp³-hybridized carbons (Fsp3) is 0.478. The maximum absolute atomic E-state index is 12.8. The largest absolute Gasteiger partial charge is 0.496 e. The summed E-state index contributed by atoms with van der Waals surface area (Å²) >= 11 is 0. The number of hydrogen-bond acceptors (Lipinski definition) is 5. The van der Waals surface area contributed by atoms with E-state index in [9.17, 15) is 4.79 Å². The van der Waals surface area contributed by atoms with E-state index in [2.05, 4.69) is 42.0 Å². The number of ether oxygens (including phenoxy) is 1. The molecule has 0 radical (unpaired) electrons. The summed E-state index contributed by atoms with van der Waals surface area (Å²) in [5, 5.41) is 0. The van der Waals surface area contributed by atoms with E-state index in [1.807, 2.05) is 23.1 Å². The Kier molecular flexibility index (Phi) is 6.11. The maximum Gasteiger partial charge on any atom is 0.228 e. The first-order valence-corrected chi connectivity index (χ1v) is 10.5. The van der Waals surface area contributed by atoms with Crippen LogP contribution >= 0.6 is 0 Å². The summed E-state index contributed by atoms with van der Waals surface area (Å²) in [4.78, 5) is 19.8. The molecule has 2 saturated heterocycles. The van der Waals surface area contributed by atoms with E-state index in [4.69, 9.17) is 9.72 Å². The van der Waals surface area contributed by atoms with E-state index >= 15 is 0 Å². The smallest absolute Gasteiger partial charge is 0.228 e. The second-order valence-electron chi connectivity index (χ2n) is 8.06. The van der Waals surface area contributed by atoms with Gasteiger partial charge in [0.25, 0.3) is 0 Å². The third-order valence-electron chi connectivity index (χ3n) is 6.19. The van der Waals surface area contributed by atoms with Crippen molar-refractivity contribution in [2.45, 2.75) is 38.1 Å². The number of para-hydroxylation sites is 1. The van der Waals surface area contributed by atoms with E-state index in [0.29, 0.717) is 12.5 Å². The number of amides is 1. The number of carbonyl (C=O) groups is 1. The van der Waals surface area contributed by atoms with E-state index in [-0.39, 0.29) is 17.9 Å². The standard InChI is InChI=1S/C23H30N4O2/c1-16-20(15-24-26-16)23(28)27-12-10-17(11-13-27)21-8-5-7-19(25-21)14-18-6-3-4-9-22(18)29-2/h3-9,16-17,20,24,26H,10-15H2,1-2H3. The zero-order valence-electron chi connectivity index (χ0n) is 17.2. The Morgan fingerprint density at radius 1 is 1.17 bits per heavy atom. The molecule has 29 heavy (non-hydrogen) atoms. The van der Waals surface area contributed by atoms with Crippen LogP contribution in [0.1, 0.15) is 42.6 Å². The van der Waals surface area contributed by atoms with Crippen molar-refractivity contribution in [3.05, 3.63) is 59.4 Å². The highest BCUT2D eigenvalue weighted by Crippen LogP contribution is 2.29. The Labute approximate surface area is 172 Å². The quantitative estimate of drug-likeness (QED) is 0.816. The number of methoxy groups -OCH3 is 1. The SMILES string of the molecule is COc1ccccc1Cc1cccc(C2CCN(C(=O)C3CNNC3C)CC2)n1. The zero-order valence-corrected chi connectivity index (χ0v) is 17.2. The number of piperidine rings is 1. The number of hydrazine groups is 1. The Balaban J connectivity index is 1.39. The van der Waals surface area contributed by atoms with E-state index in [0.717, 1.165) is 55.1 Å². The van der Waals surface area contributed by atoms with Crippen LogP contribution in [-0.4, -0.2) is 48.6 Å². The molecular weight excluding hydrogens is 364 g/mol. The molecule has 2 aliphatic heterocycles. The van der Waals surface area contributed by atoms with Crippen molar-refractivity contribution in [2.24, 2.45) is 5.92 Å². The van der Waals surface area contributed by atoms with Gasteiger partial charge in [-0.25, -0.2) is 0 Å². The number of likely N-dealkylation sites (tertiary alicyclic amines) is 1. The normalized spacial score (nSPS) is 22.6. The van der Waals surface area contributed by atoms with Gasteiger partial charge in [-0.2, -0.15) is 0 Å². The number of aromatic nitrogens is 1. The molecule has 6 nitrogen and oxygen atoms in total. The van der Waals surface area contributed by atoms with Gasteiger partial charge in [-0.3, -0.25) is 20.6 Å². The Morgan fingerprint density at radius 3 is 2.69 bits per heavy atom. The molecule has 1 aromatic carbocycles. The van der Waals surface area contributed by atoms with Gasteiger partial charge in [0, 0.05) is 55.0 Å². The average Bonchev–Trinajstić information content (AvgIpc) is 3.20. The van der Waals surface area contributed by atoms with Crippen LogP contribution < -0.4 is 15.6 Å². The number of nitrogens with one attached hydrogen (secondary N) is 2. The maximum atomic E-state index is 12.8. The molecule has 3 heterocycles. The van der Waals surface area contributed by atoms with Crippen LogP contribution in [0.25, 0.3) is 0 Å². The van der Waals surface area contributed by atoms with Gasteiger partial charge in [0.1, 0.15) is 5.75 Å². The van der Waals surface area contributed by atoms with Crippen molar-refractivity contribution in [3.8, 4) is 5.75 Å². The first-order chi connectivity index (χ1) is 14.2. The van der Waals surface area contributed by atoms with Crippen LogP contribution in [0.5, 0.6) is 5.75 Å². The summed E-state index contributed by atoms with van der Waals surface area (Å²) in [6.07, 6.45) is 2.70. The predicted molar refractivity (Wildman–Crippen MR) is 113 cm³/mol. The molecule has 2 aromatic rings. The number of nitrogens with zero attached hydrogens (tertiary/aromatic N) is 2. The molecule has 2 atom stereocenters. The molecule has 2 fully saturated rings. The molecule has 0 spiro atoms. The summed E-state index contributed by atoms with van der Waals surface area (Å²) in [5.41, 5.74) is 9.58. The van der Waals surface area contributed by atoms with Crippen LogP contribution in [-0.2, 0) is 11.2 Å². The summed E-state index contributed by atoms with van der Waals surface area (Å²) < 4.78 is 5.47. The molecule has 0 bridgehead atoms. The minimum absolute atomic E-state index is 0.0360. The molecule has 4 rings (SSSR count). The van der Waals surface area contributed by atoms with Crippen LogP contribution in [0.2, 0.25) is 0 Å². The van der Waals surface area contributed by atoms with Crippen molar-refractivity contribution in [3.63, 3.8) is 0 Å². The first-order valence-electron chi connectivity index (χ1n) is 10.5. The van der Waals surface area contributed by atoms with Crippen LogP contribution in [0.4, 0.5) is 0 Å². The third-order valence-corrected chi connectivity index (χ3v) is 6.19. The fourth-order valence-electron chi connectivity index (χ4n) is 4.41. The van der Waals surface area contributed by atoms with Gasteiger partial charge < -0.3 is 9.64 Å². The van der Waals surface area contributed by atoms with E-state index in [1.165, 1.54) is 0 Å². The second-order valence-corrected chi connectivity index (χ2v) is 8.06. The molecule has 0 saturated carbocycles. The highest BCUT2D eigenvalue weighted by Gasteiger charge is 2.34. The molecular formula is C23H30N4O2. The molecule has 154 valence electrons. The van der Waals surface area contributed by atoms with Crippen molar-refractivity contribution in [1.82, 2.24) is 20.7 Å². The van der Waals surface area contributed by atoms with Crippen molar-refractivity contribution >= 4 is 5.91 Å². The summed E-state index contributed by atoms with van der Waals surface area (Å²) in [6.45, 7) is 4.40. The minimum atomic E-state index is 0.0360. The summed E-state index contributed by atoms with van der Waals surface area (Å²) in [7, 11) is 1.70. The Hall–Kier alpha value is -2.44. The van der Waals surface area contributed by atoms with Crippen molar-refractivity contribution in [2.75, 3.05) is 26.7 Å². The molecule has 6 heteroatoms. The van der Waals surface area contributed by atoms with Crippen molar-refractivity contribution < 1.29 is 9.53 Å². The molecule has 2 unspecified atom stereocenters. The van der Waals surface area contributed by atoms with Gasteiger partial charge in [0.2, 0.25) is 5.91 Å². The first kappa shape index (κ1) is 19.9. The van der Waals surface area contributed by atoms with Crippen LogP contribution in [0.15, 0.2) is 42.5 Å². The lowest BCUT2D eigenvalue weighted by atomic mass is 9.91. The third kappa shape index (κ3) is 4.43. The number of benzene rings is 1. The monoisotopic (exact) mass is 394 g/mol.